The molecule has 3 nitrogen and oxygen atoms in total. The third kappa shape index (κ3) is 2.18. The number of aromatic nitrogens is 1. The molecule has 0 bridgehead atoms. The van der Waals surface area contributed by atoms with Gasteiger partial charge in [0, 0.05) is 29.3 Å². The molecule has 1 amide bonds. The van der Waals surface area contributed by atoms with Gasteiger partial charge in [-0.15, -0.1) is 0 Å². The van der Waals surface area contributed by atoms with Crippen molar-refractivity contribution < 1.29 is 4.79 Å². The summed E-state index contributed by atoms with van der Waals surface area (Å²) >= 11 is 0. The Morgan fingerprint density at radius 3 is 2.77 bits per heavy atom. The molecule has 1 aromatic heterocycles. The second-order valence-electron chi connectivity index (χ2n) is 9.64. The SMILES string of the molecule is C[C@]12C=CC(=O)NC1CC[C@@H]1[C@H]2CC[C@]2(C)C(c3ccccn3)CC[C@@H]12. The fraction of sp³-hybridized carbons (Fsp3) is 0.652. The quantitative estimate of drug-likeness (QED) is 0.812. The van der Waals surface area contributed by atoms with Crippen LogP contribution in [0, 0.1) is 28.6 Å². The zero-order valence-electron chi connectivity index (χ0n) is 15.9. The molecule has 4 aliphatic rings. The summed E-state index contributed by atoms with van der Waals surface area (Å²) in [5.41, 5.74) is 1.84. The van der Waals surface area contributed by atoms with Gasteiger partial charge < -0.3 is 5.32 Å². The summed E-state index contributed by atoms with van der Waals surface area (Å²) in [6, 6.07) is 6.74. The lowest BCUT2D eigenvalue weighted by molar-refractivity contribution is -0.122. The highest BCUT2D eigenvalue weighted by Gasteiger charge is 2.60. The first-order valence-electron chi connectivity index (χ1n) is 10.4. The number of pyridine rings is 1. The van der Waals surface area contributed by atoms with Crippen molar-refractivity contribution in [2.45, 2.75) is 64.3 Å². The molecule has 3 aliphatic carbocycles. The summed E-state index contributed by atoms with van der Waals surface area (Å²) in [5, 5.41) is 3.26. The number of nitrogens with zero attached hydrogens (tertiary/aromatic N) is 1. The maximum atomic E-state index is 11.8. The van der Waals surface area contributed by atoms with E-state index in [1.165, 1.54) is 37.8 Å². The van der Waals surface area contributed by atoms with Crippen LogP contribution in [0.4, 0.5) is 0 Å². The second-order valence-corrected chi connectivity index (χ2v) is 9.64. The molecule has 26 heavy (non-hydrogen) atoms. The average molecular weight is 351 g/mol. The third-order valence-corrected chi connectivity index (χ3v) is 8.73. The van der Waals surface area contributed by atoms with Crippen LogP contribution < -0.4 is 5.32 Å². The maximum Gasteiger partial charge on any atom is 0.243 e. The molecule has 0 spiro atoms. The molecular weight excluding hydrogens is 320 g/mol. The molecule has 3 fully saturated rings. The molecule has 3 heteroatoms. The Balaban J connectivity index is 1.47. The predicted molar refractivity (Wildman–Crippen MR) is 102 cm³/mol. The van der Waals surface area contributed by atoms with Crippen molar-refractivity contribution in [1.29, 1.82) is 0 Å². The van der Waals surface area contributed by atoms with Crippen LogP contribution in [0.3, 0.4) is 0 Å². The van der Waals surface area contributed by atoms with Crippen LogP contribution in [0.25, 0.3) is 0 Å². The van der Waals surface area contributed by atoms with Crippen molar-refractivity contribution in [3.8, 4) is 0 Å². The summed E-state index contributed by atoms with van der Waals surface area (Å²) in [6.07, 6.45) is 13.6. The number of hydrogen-bond acceptors (Lipinski definition) is 2. The van der Waals surface area contributed by atoms with Gasteiger partial charge in [0.1, 0.15) is 0 Å². The molecule has 0 aromatic carbocycles. The molecule has 0 saturated heterocycles. The summed E-state index contributed by atoms with van der Waals surface area (Å²) in [6.45, 7) is 4.95. The molecule has 0 radical (unpaired) electrons. The number of nitrogens with one attached hydrogen (secondary N) is 1. The van der Waals surface area contributed by atoms with Crippen LogP contribution in [-0.4, -0.2) is 16.9 Å². The van der Waals surface area contributed by atoms with Crippen LogP contribution in [-0.2, 0) is 4.79 Å². The van der Waals surface area contributed by atoms with E-state index in [-0.39, 0.29) is 11.3 Å². The van der Waals surface area contributed by atoms with Gasteiger partial charge in [0.15, 0.2) is 0 Å². The molecule has 5 rings (SSSR count). The van der Waals surface area contributed by atoms with Gasteiger partial charge in [0.05, 0.1) is 0 Å². The summed E-state index contributed by atoms with van der Waals surface area (Å²) in [5.74, 6) is 3.02. The summed E-state index contributed by atoms with van der Waals surface area (Å²) in [4.78, 5) is 16.6. The average Bonchev–Trinajstić information content (AvgIpc) is 3.00. The first-order chi connectivity index (χ1) is 12.5. The highest BCUT2D eigenvalue weighted by Crippen LogP contribution is 2.66. The van der Waals surface area contributed by atoms with Crippen molar-refractivity contribution >= 4 is 5.91 Å². The molecule has 1 N–H and O–H groups in total. The van der Waals surface area contributed by atoms with E-state index in [1.54, 1.807) is 6.08 Å². The van der Waals surface area contributed by atoms with Gasteiger partial charge in [-0.2, -0.15) is 0 Å². The third-order valence-electron chi connectivity index (χ3n) is 8.73. The van der Waals surface area contributed by atoms with Gasteiger partial charge in [0.25, 0.3) is 0 Å². The molecule has 2 heterocycles. The Bertz CT molecular complexity index is 744. The molecule has 3 saturated carbocycles. The summed E-state index contributed by atoms with van der Waals surface area (Å²) < 4.78 is 0. The van der Waals surface area contributed by atoms with Crippen molar-refractivity contribution in [1.82, 2.24) is 10.3 Å². The van der Waals surface area contributed by atoms with Crippen molar-refractivity contribution in [3.63, 3.8) is 0 Å². The van der Waals surface area contributed by atoms with E-state index in [1.807, 2.05) is 12.3 Å². The fourth-order valence-corrected chi connectivity index (χ4v) is 7.40. The first kappa shape index (κ1) is 16.5. The second kappa shape index (κ2) is 5.68. The van der Waals surface area contributed by atoms with E-state index < -0.39 is 0 Å². The maximum absolute atomic E-state index is 11.8. The number of rotatable bonds is 1. The molecule has 1 aliphatic heterocycles. The molecule has 2 unspecified atom stereocenters. The van der Waals surface area contributed by atoms with Gasteiger partial charge in [-0.1, -0.05) is 26.0 Å². The van der Waals surface area contributed by atoms with Crippen LogP contribution in [0.2, 0.25) is 0 Å². The van der Waals surface area contributed by atoms with Gasteiger partial charge in [-0.05, 0) is 79.9 Å². The Morgan fingerprint density at radius 1 is 1.08 bits per heavy atom. The minimum absolute atomic E-state index is 0.0997. The Hall–Kier alpha value is -1.64. The van der Waals surface area contributed by atoms with E-state index in [9.17, 15) is 4.79 Å². The van der Waals surface area contributed by atoms with Crippen LogP contribution in [0.1, 0.15) is 64.0 Å². The normalized spacial score (nSPS) is 46.8. The summed E-state index contributed by atoms with van der Waals surface area (Å²) in [7, 11) is 0. The van der Waals surface area contributed by atoms with Crippen LogP contribution in [0.15, 0.2) is 36.5 Å². The van der Waals surface area contributed by atoms with Gasteiger partial charge in [-0.3, -0.25) is 9.78 Å². The highest BCUT2D eigenvalue weighted by atomic mass is 16.1. The zero-order chi connectivity index (χ0) is 17.9. The molecule has 7 atom stereocenters. The highest BCUT2D eigenvalue weighted by molar-refractivity contribution is 5.89. The zero-order valence-corrected chi connectivity index (χ0v) is 15.9. The standard InChI is InChI=1S/C23H30N2O/c1-22-12-10-17-15(6-9-20-23(17,2)13-11-21(26)25-20)16(22)7-8-18(22)19-5-3-4-14-24-19/h3-5,11,13-18,20H,6-10,12H2,1-2H3,(H,25,26)/t15-,16-,17+,18?,20?,22-,23+/m0/s1. The number of carbonyl (C=O) groups excluding carboxylic acids is 1. The number of hydrogen-bond donors (Lipinski definition) is 1. The number of fused-ring (bicyclic) bond motifs is 5. The van der Waals surface area contributed by atoms with E-state index in [2.05, 4.69) is 37.4 Å². The molecule has 1 aromatic rings. The largest absolute Gasteiger partial charge is 0.349 e. The number of carbonyl (C=O) groups is 1. The van der Waals surface area contributed by atoms with E-state index in [0.29, 0.717) is 23.3 Å². The lowest BCUT2D eigenvalue weighted by Crippen LogP contribution is -2.59. The smallest absolute Gasteiger partial charge is 0.243 e. The monoisotopic (exact) mass is 350 g/mol. The predicted octanol–water partition coefficient (Wildman–Crippen LogP) is 4.46. The van der Waals surface area contributed by atoms with Crippen LogP contribution in [0.5, 0.6) is 0 Å². The Morgan fingerprint density at radius 2 is 1.96 bits per heavy atom. The van der Waals surface area contributed by atoms with E-state index in [0.717, 1.165) is 18.3 Å². The van der Waals surface area contributed by atoms with Crippen molar-refractivity contribution in [2.24, 2.45) is 28.6 Å². The lowest BCUT2D eigenvalue weighted by Gasteiger charge is -2.58. The van der Waals surface area contributed by atoms with Crippen LogP contribution >= 0.6 is 0 Å². The van der Waals surface area contributed by atoms with E-state index >= 15 is 0 Å². The van der Waals surface area contributed by atoms with E-state index in [4.69, 9.17) is 4.98 Å². The fourth-order valence-electron chi connectivity index (χ4n) is 7.40. The van der Waals surface area contributed by atoms with Crippen molar-refractivity contribution in [2.75, 3.05) is 0 Å². The van der Waals surface area contributed by atoms with Crippen molar-refractivity contribution in [3.05, 3.63) is 42.2 Å². The van der Waals surface area contributed by atoms with Gasteiger partial charge in [-0.25, -0.2) is 0 Å². The van der Waals surface area contributed by atoms with Gasteiger partial charge >= 0.3 is 0 Å². The first-order valence-corrected chi connectivity index (χ1v) is 10.4. The minimum Gasteiger partial charge on any atom is -0.349 e. The Labute approximate surface area is 156 Å². The minimum atomic E-state index is 0.0997. The topological polar surface area (TPSA) is 42.0 Å². The van der Waals surface area contributed by atoms with Gasteiger partial charge in [0.2, 0.25) is 5.91 Å². The molecule has 138 valence electrons. The number of amides is 1. The molecular formula is C23H30N2O. The Kier molecular flexibility index (Phi) is 3.61. The lowest BCUT2D eigenvalue weighted by atomic mass is 9.48.